The molecule has 0 aromatic heterocycles. The molecule has 1 heterocycles. The molecule has 1 amide bonds. The Hall–Kier alpha value is -1.85. The van der Waals surface area contributed by atoms with Crippen LogP contribution in [0.15, 0.2) is 36.4 Å². The maximum Gasteiger partial charge on any atom is 0.238 e. The van der Waals surface area contributed by atoms with Crippen LogP contribution in [0.4, 0.5) is 5.69 Å². The van der Waals surface area contributed by atoms with Gasteiger partial charge in [-0.2, -0.15) is 0 Å². The van der Waals surface area contributed by atoms with E-state index in [-0.39, 0.29) is 18.6 Å². The number of carbonyl (C=O) groups excluding carboxylic acids is 1. The van der Waals surface area contributed by atoms with E-state index in [9.17, 15) is 4.79 Å². The molecule has 1 aliphatic heterocycles. The second-order valence-electron chi connectivity index (χ2n) is 5.56. The summed E-state index contributed by atoms with van der Waals surface area (Å²) in [5, 5.41) is 5.99. The molecule has 0 spiro atoms. The van der Waals surface area contributed by atoms with E-state index in [0.29, 0.717) is 24.6 Å². The second-order valence-corrected chi connectivity index (χ2v) is 5.56. The van der Waals surface area contributed by atoms with E-state index in [0.717, 1.165) is 25.0 Å². The van der Waals surface area contributed by atoms with Crippen LogP contribution in [0.2, 0.25) is 0 Å². The average Bonchev–Trinajstić information content (AvgIpc) is 2.99. The molecule has 1 aromatic carbocycles. The van der Waals surface area contributed by atoms with E-state index < -0.39 is 0 Å². The Morgan fingerprint density at radius 3 is 3.00 bits per heavy atom. The van der Waals surface area contributed by atoms with Crippen molar-refractivity contribution in [2.24, 2.45) is 0 Å². The van der Waals surface area contributed by atoms with Gasteiger partial charge in [0.25, 0.3) is 0 Å². The lowest BCUT2D eigenvalue weighted by atomic mass is 10.2. The van der Waals surface area contributed by atoms with Crippen LogP contribution >= 0.6 is 0 Å². The minimum atomic E-state index is -0.0932. The van der Waals surface area contributed by atoms with Gasteiger partial charge < -0.3 is 20.1 Å². The maximum atomic E-state index is 12.0. The first-order valence-corrected chi connectivity index (χ1v) is 7.63. The summed E-state index contributed by atoms with van der Waals surface area (Å²) in [6.45, 7) is 7.93. The molecule has 0 radical (unpaired) electrons. The summed E-state index contributed by atoms with van der Waals surface area (Å²) < 4.78 is 11.1. The number of rotatable bonds is 8. The smallest absolute Gasteiger partial charge is 0.238 e. The van der Waals surface area contributed by atoms with Crippen molar-refractivity contribution in [2.75, 3.05) is 31.6 Å². The molecule has 1 aliphatic rings. The van der Waals surface area contributed by atoms with Gasteiger partial charge in [-0.05, 0) is 37.5 Å². The molecule has 1 unspecified atom stereocenters. The predicted molar refractivity (Wildman–Crippen MR) is 87.2 cm³/mol. The Balaban J connectivity index is 1.78. The first kappa shape index (κ1) is 16.5. The Morgan fingerprint density at radius 1 is 1.45 bits per heavy atom. The predicted octanol–water partition coefficient (Wildman–Crippen LogP) is 2.35. The van der Waals surface area contributed by atoms with Crippen molar-refractivity contribution < 1.29 is 14.3 Å². The molecule has 0 saturated carbocycles. The van der Waals surface area contributed by atoms with Gasteiger partial charge in [0.2, 0.25) is 5.91 Å². The van der Waals surface area contributed by atoms with Gasteiger partial charge in [-0.3, -0.25) is 4.79 Å². The van der Waals surface area contributed by atoms with Gasteiger partial charge in [-0.25, -0.2) is 0 Å². The number of para-hydroxylation sites is 2. The lowest BCUT2D eigenvalue weighted by Gasteiger charge is -2.13. The summed E-state index contributed by atoms with van der Waals surface area (Å²) in [5.74, 6) is 0.558. The Labute approximate surface area is 131 Å². The Kier molecular flexibility index (Phi) is 6.43. The quantitative estimate of drug-likeness (QED) is 0.724. The number of amides is 1. The van der Waals surface area contributed by atoms with Crippen LogP contribution < -0.4 is 15.4 Å². The van der Waals surface area contributed by atoms with Crippen molar-refractivity contribution in [2.45, 2.75) is 25.9 Å². The van der Waals surface area contributed by atoms with Gasteiger partial charge in [-0.15, -0.1) is 0 Å². The monoisotopic (exact) mass is 304 g/mol. The molecule has 2 N–H and O–H groups in total. The van der Waals surface area contributed by atoms with Crippen LogP contribution in [0.3, 0.4) is 0 Å². The molecule has 0 bridgehead atoms. The SMILES string of the molecule is C=C(C)COc1ccccc1NC(=O)CNCC1CCCO1. The topological polar surface area (TPSA) is 59.6 Å². The number of hydrogen-bond donors (Lipinski definition) is 2. The van der Waals surface area contributed by atoms with Gasteiger partial charge in [0, 0.05) is 13.2 Å². The Bertz CT molecular complexity index is 510. The van der Waals surface area contributed by atoms with E-state index in [1.807, 2.05) is 31.2 Å². The molecule has 2 rings (SSSR count). The molecule has 1 aromatic rings. The molecular weight excluding hydrogens is 280 g/mol. The van der Waals surface area contributed by atoms with Gasteiger partial charge >= 0.3 is 0 Å². The zero-order valence-electron chi connectivity index (χ0n) is 13.1. The van der Waals surface area contributed by atoms with Gasteiger partial charge in [0.1, 0.15) is 12.4 Å². The van der Waals surface area contributed by atoms with Crippen LogP contribution in [-0.4, -0.2) is 38.3 Å². The highest BCUT2D eigenvalue weighted by Crippen LogP contribution is 2.23. The summed E-state index contributed by atoms with van der Waals surface area (Å²) in [7, 11) is 0. The number of anilines is 1. The average molecular weight is 304 g/mol. The lowest BCUT2D eigenvalue weighted by molar-refractivity contribution is -0.115. The zero-order chi connectivity index (χ0) is 15.8. The number of nitrogens with one attached hydrogen (secondary N) is 2. The van der Waals surface area contributed by atoms with Gasteiger partial charge in [0.15, 0.2) is 0 Å². The summed E-state index contributed by atoms with van der Waals surface area (Å²) in [6.07, 6.45) is 2.40. The summed E-state index contributed by atoms with van der Waals surface area (Å²) in [4.78, 5) is 12.0. The first-order valence-electron chi connectivity index (χ1n) is 7.63. The van der Waals surface area contributed by atoms with E-state index in [1.165, 1.54) is 0 Å². The minimum absolute atomic E-state index is 0.0932. The fraction of sp³-hybridized carbons (Fsp3) is 0.471. The van der Waals surface area contributed by atoms with E-state index >= 15 is 0 Å². The lowest BCUT2D eigenvalue weighted by Crippen LogP contribution is -2.33. The maximum absolute atomic E-state index is 12.0. The molecule has 0 aliphatic carbocycles. The van der Waals surface area contributed by atoms with Crippen LogP contribution in [-0.2, 0) is 9.53 Å². The van der Waals surface area contributed by atoms with Crippen molar-refractivity contribution in [3.8, 4) is 5.75 Å². The van der Waals surface area contributed by atoms with Gasteiger partial charge in [-0.1, -0.05) is 18.7 Å². The van der Waals surface area contributed by atoms with E-state index in [4.69, 9.17) is 9.47 Å². The third-order valence-electron chi connectivity index (χ3n) is 3.32. The van der Waals surface area contributed by atoms with Crippen LogP contribution in [0, 0.1) is 0 Å². The minimum Gasteiger partial charge on any atom is -0.487 e. The molecule has 1 fully saturated rings. The molecular formula is C17H24N2O3. The highest BCUT2D eigenvalue weighted by molar-refractivity contribution is 5.93. The van der Waals surface area contributed by atoms with E-state index in [1.54, 1.807) is 0 Å². The molecule has 5 nitrogen and oxygen atoms in total. The highest BCUT2D eigenvalue weighted by Gasteiger charge is 2.15. The summed E-state index contributed by atoms with van der Waals surface area (Å²) >= 11 is 0. The number of hydrogen-bond acceptors (Lipinski definition) is 4. The highest BCUT2D eigenvalue weighted by atomic mass is 16.5. The standard InChI is InChI=1S/C17H24N2O3/c1-13(2)12-22-16-8-4-3-7-15(16)19-17(20)11-18-10-14-6-5-9-21-14/h3-4,7-8,14,18H,1,5-6,9-12H2,2H3,(H,19,20). The molecule has 1 atom stereocenters. The normalized spacial score (nSPS) is 17.2. The van der Waals surface area contributed by atoms with Crippen molar-refractivity contribution in [3.63, 3.8) is 0 Å². The fourth-order valence-electron chi connectivity index (χ4n) is 2.24. The van der Waals surface area contributed by atoms with Crippen LogP contribution in [0.5, 0.6) is 5.75 Å². The number of benzene rings is 1. The zero-order valence-corrected chi connectivity index (χ0v) is 13.1. The van der Waals surface area contributed by atoms with Crippen molar-refractivity contribution in [1.82, 2.24) is 5.32 Å². The van der Waals surface area contributed by atoms with Crippen molar-refractivity contribution in [3.05, 3.63) is 36.4 Å². The molecule has 120 valence electrons. The number of ether oxygens (including phenoxy) is 2. The third-order valence-corrected chi connectivity index (χ3v) is 3.32. The number of carbonyl (C=O) groups is 1. The van der Waals surface area contributed by atoms with Crippen LogP contribution in [0.25, 0.3) is 0 Å². The molecule has 1 saturated heterocycles. The van der Waals surface area contributed by atoms with Gasteiger partial charge in [0.05, 0.1) is 18.3 Å². The molecule has 5 heteroatoms. The van der Waals surface area contributed by atoms with E-state index in [2.05, 4.69) is 17.2 Å². The third kappa shape index (κ3) is 5.50. The summed E-state index contributed by atoms with van der Waals surface area (Å²) in [5.41, 5.74) is 1.60. The van der Waals surface area contributed by atoms with Crippen LogP contribution in [0.1, 0.15) is 19.8 Å². The van der Waals surface area contributed by atoms with Crippen molar-refractivity contribution >= 4 is 11.6 Å². The molecule has 22 heavy (non-hydrogen) atoms. The first-order chi connectivity index (χ1) is 10.6. The van der Waals surface area contributed by atoms with Crippen molar-refractivity contribution in [1.29, 1.82) is 0 Å². The Morgan fingerprint density at radius 2 is 2.27 bits per heavy atom. The largest absolute Gasteiger partial charge is 0.487 e. The summed E-state index contributed by atoms with van der Waals surface area (Å²) in [6, 6.07) is 7.40. The second kappa shape index (κ2) is 8.56. The fourth-order valence-corrected chi connectivity index (χ4v) is 2.24.